The Bertz CT molecular complexity index is 2020. The standard InChI is InChI=1S/C32H16N6/c1-34-28-17-22-10-12-27(38-30(22)32-25(28)8-4-14-36-32)20-6-2-5-19(15-20)26-11-9-21-16-23(18-33)24-7-3-13-35-31(24)29(21)37-26/h2-17H. The molecule has 0 aliphatic rings. The molecule has 0 radical (unpaired) electrons. The maximum absolute atomic E-state index is 9.60. The highest BCUT2D eigenvalue weighted by Gasteiger charge is 2.13. The van der Waals surface area contributed by atoms with E-state index in [2.05, 4.69) is 26.9 Å². The van der Waals surface area contributed by atoms with Crippen LogP contribution in [0.1, 0.15) is 5.56 Å². The molecule has 4 heterocycles. The van der Waals surface area contributed by atoms with Crippen LogP contribution in [0.25, 0.3) is 71.0 Å². The second kappa shape index (κ2) is 8.44. The van der Waals surface area contributed by atoms with Gasteiger partial charge in [0.1, 0.15) is 0 Å². The highest BCUT2D eigenvalue weighted by atomic mass is 14.8. The molecule has 0 saturated heterocycles. The normalized spacial score (nSPS) is 11.1. The van der Waals surface area contributed by atoms with Crippen LogP contribution < -0.4 is 0 Å². The van der Waals surface area contributed by atoms with Gasteiger partial charge in [-0.25, -0.2) is 14.8 Å². The Morgan fingerprint density at radius 1 is 0.632 bits per heavy atom. The lowest BCUT2D eigenvalue weighted by Gasteiger charge is -2.10. The summed E-state index contributed by atoms with van der Waals surface area (Å²) in [6, 6.07) is 29.5. The van der Waals surface area contributed by atoms with Gasteiger partial charge >= 0.3 is 0 Å². The van der Waals surface area contributed by atoms with Crippen LogP contribution in [-0.2, 0) is 0 Å². The van der Waals surface area contributed by atoms with Crippen molar-refractivity contribution in [2.24, 2.45) is 0 Å². The van der Waals surface area contributed by atoms with Gasteiger partial charge in [-0.3, -0.25) is 9.97 Å². The van der Waals surface area contributed by atoms with Gasteiger partial charge in [-0.05, 0) is 53.9 Å². The molecule has 6 nitrogen and oxygen atoms in total. The second-order valence-corrected chi connectivity index (χ2v) is 8.96. The van der Waals surface area contributed by atoms with Gasteiger partial charge in [-0.15, -0.1) is 0 Å². The van der Waals surface area contributed by atoms with Crippen molar-refractivity contribution in [1.82, 2.24) is 19.9 Å². The average Bonchev–Trinajstić information content (AvgIpc) is 2.99. The molecule has 38 heavy (non-hydrogen) atoms. The summed E-state index contributed by atoms with van der Waals surface area (Å²) in [6.07, 6.45) is 3.46. The first-order valence-corrected chi connectivity index (χ1v) is 12.0. The minimum Gasteiger partial charge on any atom is -0.255 e. The van der Waals surface area contributed by atoms with Crippen molar-refractivity contribution < 1.29 is 0 Å². The molecule has 0 aliphatic carbocycles. The molecule has 0 saturated carbocycles. The summed E-state index contributed by atoms with van der Waals surface area (Å²) in [5.41, 5.74) is 7.66. The number of nitriles is 1. The topological polar surface area (TPSA) is 79.7 Å². The van der Waals surface area contributed by atoms with Crippen LogP contribution in [0.15, 0.2) is 97.3 Å². The predicted molar refractivity (Wildman–Crippen MR) is 149 cm³/mol. The number of nitrogens with zero attached hydrogens (tertiary/aromatic N) is 6. The van der Waals surface area contributed by atoms with E-state index in [1.807, 2.05) is 78.9 Å². The molecule has 0 fully saturated rings. The van der Waals surface area contributed by atoms with Crippen molar-refractivity contribution in [1.29, 1.82) is 5.26 Å². The third kappa shape index (κ3) is 3.33. The monoisotopic (exact) mass is 484 g/mol. The second-order valence-electron chi connectivity index (χ2n) is 8.96. The SMILES string of the molecule is [C-]#[N+]c1cc2ccc(-c3cccc(-c4ccc5cc(C#N)c6cccnc6c5n4)c3)nc2c2ncccc12. The van der Waals surface area contributed by atoms with E-state index >= 15 is 0 Å². The van der Waals surface area contributed by atoms with Gasteiger partial charge in [0.05, 0.1) is 51.7 Å². The number of hydrogen-bond acceptors (Lipinski definition) is 5. The third-order valence-corrected chi connectivity index (χ3v) is 6.77. The van der Waals surface area contributed by atoms with Crippen LogP contribution in [0.3, 0.4) is 0 Å². The third-order valence-electron chi connectivity index (χ3n) is 6.77. The molecule has 4 aromatic heterocycles. The van der Waals surface area contributed by atoms with Crippen LogP contribution in [0.4, 0.5) is 5.69 Å². The molecule has 6 heteroatoms. The molecule has 0 spiro atoms. The Hall–Kier alpha value is -5.72. The van der Waals surface area contributed by atoms with Crippen LogP contribution in [0.5, 0.6) is 0 Å². The molecular formula is C32H16N6. The van der Waals surface area contributed by atoms with Crippen LogP contribution in [0.2, 0.25) is 0 Å². The smallest absolute Gasteiger partial charge is 0.197 e. The maximum Gasteiger partial charge on any atom is 0.197 e. The molecule has 0 bridgehead atoms. The number of hydrogen-bond donors (Lipinski definition) is 0. The Morgan fingerprint density at radius 3 is 1.87 bits per heavy atom. The Labute approximate surface area is 217 Å². The van der Waals surface area contributed by atoms with Crippen molar-refractivity contribution in [3.8, 4) is 28.6 Å². The summed E-state index contributed by atoms with van der Waals surface area (Å²) < 4.78 is 0. The number of aromatic nitrogens is 4. The van der Waals surface area contributed by atoms with E-state index in [4.69, 9.17) is 16.5 Å². The first kappa shape index (κ1) is 21.6. The lowest BCUT2D eigenvalue weighted by molar-refractivity contribution is 1.35. The number of benzene rings is 3. The lowest BCUT2D eigenvalue weighted by Crippen LogP contribution is -1.92. The summed E-state index contributed by atoms with van der Waals surface area (Å²) in [5.74, 6) is 0. The Morgan fingerprint density at radius 2 is 1.24 bits per heavy atom. The van der Waals surface area contributed by atoms with Crippen molar-refractivity contribution in [3.63, 3.8) is 0 Å². The zero-order chi connectivity index (χ0) is 25.6. The van der Waals surface area contributed by atoms with Crippen molar-refractivity contribution in [2.45, 2.75) is 0 Å². The number of fused-ring (bicyclic) bond motifs is 6. The number of rotatable bonds is 2. The minimum atomic E-state index is 0.573. The maximum atomic E-state index is 9.60. The lowest BCUT2D eigenvalue weighted by atomic mass is 10.0. The van der Waals surface area contributed by atoms with E-state index in [9.17, 15) is 5.26 Å². The van der Waals surface area contributed by atoms with Gasteiger partial charge in [0.25, 0.3) is 0 Å². The highest BCUT2D eigenvalue weighted by Crippen LogP contribution is 2.34. The van der Waals surface area contributed by atoms with E-state index in [-0.39, 0.29) is 0 Å². The fourth-order valence-electron chi connectivity index (χ4n) is 4.97. The molecule has 3 aromatic carbocycles. The molecule has 174 valence electrons. The van der Waals surface area contributed by atoms with Gasteiger partial charge in [0, 0.05) is 39.7 Å². The molecule has 7 aromatic rings. The molecule has 7 rings (SSSR count). The Kier molecular flexibility index (Phi) is 4.79. The zero-order valence-electron chi connectivity index (χ0n) is 19.9. The van der Waals surface area contributed by atoms with E-state index < -0.39 is 0 Å². The molecule has 0 unspecified atom stereocenters. The van der Waals surface area contributed by atoms with E-state index in [1.54, 1.807) is 12.4 Å². The van der Waals surface area contributed by atoms with Gasteiger partial charge < -0.3 is 0 Å². The van der Waals surface area contributed by atoms with Crippen LogP contribution >= 0.6 is 0 Å². The van der Waals surface area contributed by atoms with Crippen LogP contribution in [-0.4, -0.2) is 19.9 Å². The van der Waals surface area contributed by atoms with Gasteiger partial charge in [-0.2, -0.15) is 5.26 Å². The molecule has 0 N–H and O–H groups in total. The van der Waals surface area contributed by atoms with Crippen molar-refractivity contribution in [2.75, 3.05) is 0 Å². The summed E-state index contributed by atoms with van der Waals surface area (Å²) in [7, 11) is 0. The minimum absolute atomic E-state index is 0.573. The van der Waals surface area contributed by atoms with Crippen molar-refractivity contribution >= 4 is 49.3 Å². The first-order valence-electron chi connectivity index (χ1n) is 12.0. The first-order chi connectivity index (χ1) is 18.7. The fraction of sp³-hybridized carbons (Fsp3) is 0. The molecule has 0 amide bonds. The van der Waals surface area contributed by atoms with E-state index in [0.29, 0.717) is 16.8 Å². The average molecular weight is 485 g/mol. The van der Waals surface area contributed by atoms with E-state index in [0.717, 1.165) is 60.6 Å². The quantitative estimate of drug-likeness (QED) is 0.186. The molecule has 0 atom stereocenters. The summed E-state index contributed by atoms with van der Waals surface area (Å²) in [4.78, 5) is 22.7. The molecule has 0 aliphatic heterocycles. The number of pyridine rings is 4. The van der Waals surface area contributed by atoms with Gasteiger partial charge in [-0.1, -0.05) is 36.4 Å². The Balaban J connectivity index is 1.38. The van der Waals surface area contributed by atoms with Crippen molar-refractivity contribution in [3.05, 3.63) is 114 Å². The fourth-order valence-corrected chi connectivity index (χ4v) is 4.97. The molecular weight excluding hydrogens is 468 g/mol. The van der Waals surface area contributed by atoms with Crippen LogP contribution in [0, 0.1) is 17.9 Å². The largest absolute Gasteiger partial charge is 0.255 e. The zero-order valence-corrected chi connectivity index (χ0v) is 19.9. The highest BCUT2D eigenvalue weighted by molar-refractivity contribution is 6.10. The summed E-state index contributed by atoms with van der Waals surface area (Å²) >= 11 is 0. The summed E-state index contributed by atoms with van der Waals surface area (Å²) in [6.45, 7) is 7.55. The van der Waals surface area contributed by atoms with Gasteiger partial charge in [0.15, 0.2) is 5.69 Å². The van der Waals surface area contributed by atoms with E-state index in [1.165, 1.54) is 0 Å². The summed E-state index contributed by atoms with van der Waals surface area (Å²) in [5, 5.41) is 13.0. The predicted octanol–water partition coefficient (Wildman–Crippen LogP) is 7.64. The van der Waals surface area contributed by atoms with Gasteiger partial charge in [0.2, 0.25) is 0 Å².